The van der Waals surface area contributed by atoms with Gasteiger partial charge in [-0.25, -0.2) is 0 Å². The van der Waals surface area contributed by atoms with Crippen molar-refractivity contribution in [3.8, 4) is 11.5 Å². The van der Waals surface area contributed by atoms with E-state index in [-0.39, 0.29) is 0 Å². The zero-order valence-corrected chi connectivity index (χ0v) is 18.6. The number of benzene rings is 2. The van der Waals surface area contributed by atoms with E-state index in [1.165, 1.54) is 0 Å². The summed E-state index contributed by atoms with van der Waals surface area (Å²) in [7, 11) is 6.85. The van der Waals surface area contributed by atoms with Crippen LogP contribution in [-0.2, 0) is 9.47 Å². The predicted octanol–water partition coefficient (Wildman–Crippen LogP) is 5.33. The van der Waals surface area contributed by atoms with Gasteiger partial charge in [0.2, 0.25) is 0 Å². The number of thioether (sulfide) groups is 2. The van der Waals surface area contributed by atoms with Crippen molar-refractivity contribution in [2.45, 2.75) is 19.6 Å². The van der Waals surface area contributed by atoms with Gasteiger partial charge in [-0.2, -0.15) is 0 Å². The fourth-order valence-corrected chi connectivity index (χ4v) is 4.98. The summed E-state index contributed by atoms with van der Waals surface area (Å²) >= 11 is 5.17. The van der Waals surface area contributed by atoms with Gasteiger partial charge in [0.1, 0.15) is 11.5 Å². The third-order valence-electron chi connectivity index (χ3n) is 3.60. The van der Waals surface area contributed by atoms with Crippen LogP contribution in [0.1, 0.15) is 0 Å². The summed E-state index contributed by atoms with van der Waals surface area (Å²) in [6, 6.07) is 12.6. The topological polar surface area (TPSA) is 36.9 Å². The van der Waals surface area contributed by atoms with Crippen molar-refractivity contribution in [2.75, 3.05) is 53.2 Å². The van der Waals surface area contributed by atoms with E-state index in [1.807, 2.05) is 0 Å². The van der Waals surface area contributed by atoms with Gasteiger partial charge >= 0.3 is 0 Å². The zero-order valence-electron chi connectivity index (χ0n) is 16.2. The van der Waals surface area contributed by atoms with Gasteiger partial charge in [-0.05, 0) is 36.4 Å². The Labute approximate surface area is 174 Å². The second-order valence-electron chi connectivity index (χ2n) is 5.41. The molecule has 0 aliphatic rings. The average molecular weight is 427 g/mol. The number of methoxy groups -OCH3 is 4. The molecule has 148 valence electrons. The van der Waals surface area contributed by atoms with Crippen molar-refractivity contribution >= 4 is 35.3 Å². The Hall–Kier alpha value is -0.990. The first kappa shape index (κ1) is 22.3. The summed E-state index contributed by atoms with van der Waals surface area (Å²) in [5.74, 6) is 3.58. The highest BCUT2D eigenvalue weighted by Crippen LogP contribution is 2.39. The first-order valence-corrected chi connectivity index (χ1v) is 11.3. The maximum atomic E-state index is 5.56. The van der Waals surface area contributed by atoms with Crippen LogP contribution in [0.4, 0.5) is 0 Å². The van der Waals surface area contributed by atoms with Crippen LogP contribution >= 0.6 is 35.3 Å². The summed E-state index contributed by atoms with van der Waals surface area (Å²) in [6.07, 6.45) is 0. The molecule has 0 saturated heterocycles. The highest BCUT2D eigenvalue weighted by molar-refractivity contribution is 8.00. The smallest absolute Gasteiger partial charge is 0.133 e. The number of ether oxygens (including phenoxy) is 4. The molecule has 0 aliphatic heterocycles. The van der Waals surface area contributed by atoms with Gasteiger partial charge in [0, 0.05) is 45.3 Å². The average Bonchev–Trinajstić information content (AvgIpc) is 2.70. The van der Waals surface area contributed by atoms with E-state index in [4.69, 9.17) is 18.9 Å². The standard InChI is InChI=1S/C20H26O4S3/c1-21-9-11-25-19-7-5-15(13-17(19)23-3)27-16-6-8-20(18(14-16)24-4)26-12-10-22-2/h5-8,13-14H,9-12H2,1-4H3. The third kappa shape index (κ3) is 7.16. The molecule has 0 N–H and O–H groups in total. The van der Waals surface area contributed by atoms with Crippen molar-refractivity contribution in [3.63, 3.8) is 0 Å². The molecule has 0 unspecified atom stereocenters. The summed E-state index contributed by atoms with van der Waals surface area (Å²) in [5.41, 5.74) is 0. The quantitative estimate of drug-likeness (QED) is 0.335. The number of hydrogen-bond acceptors (Lipinski definition) is 7. The van der Waals surface area contributed by atoms with E-state index in [0.29, 0.717) is 0 Å². The summed E-state index contributed by atoms with van der Waals surface area (Å²) < 4.78 is 21.3. The first-order valence-electron chi connectivity index (χ1n) is 8.49. The van der Waals surface area contributed by atoms with Crippen molar-refractivity contribution in [2.24, 2.45) is 0 Å². The van der Waals surface area contributed by atoms with Crippen LogP contribution in [0.5, 0.6) is 11.5 Å². The number of hydrogen-bond donors (Lipinski definition) is 0. The lowest BCUT2D eigenvalue weighted by molar-refractivity contribution is 0.218. The van der Waals surface area contributed by atoms with Crippen LogP contribution in [-0.4, -0.2) is 53.2 Å². The summed E-state index contributed by atoms with van der Waals surface area (Å²) in [6.45, 7) is 1.44. The molecule has 2 aromatic rings. The Kier molecular flexibility index (Phi) is 10.3. The van der Waals surface area contributed by atoms with E-state index in [9.17, 15) is 0 Å². The molecular formula is C20H26O4S3. The maximum absolute atomic E-state index is 5.56. The van der Waals surface area contributed by atoms with Crippen LogP contribution in [0.25, 0.3) is 0 Å². The molecule has 0 bridgehead atoms. The normalized spacial score (nSPS) is 10.8. The van der Waals surface area contributed by atoms with Crippen molar-refractivity contribution < 1.29 is 18.9 Å². The lowest BCUT2D eigenvalue weighted by atomic mass is 10.3. The second kappa shape index (κ2) is 12.5. The molecule has 7 heteroatoms. The van der Waals surface area contributed by atoms with Crippen LogP contribution in [0.2, 0.25) is 0 Å². The highest BCUT2D eigenvalue weighted by Gasteiger charge is 2.09. The number of rotatable bonds is 12. The van der Waals surface area contributed by atoms with Gasteiger partial charge in [0.05, 0.1) is 27.4 Å². The highest BCUT2D eigenvalue weighted by atomic mass is 32.2. The SMILES string of the molecule is COCCSc1ccc(Sc2ccc(SCCOC)c(OC)c2)cc1OC. The van der Waals surface area contributed by atoms with Gasteiger partial charge in [-0.15, -0.1) is 23.5 Å². The predicted molar refractivity (Wildman–Crippen MR) is 115 cm³/mol. The van der Waals surface area contributed by atoms with E-state index in [0.717, 1.165) is 55.8 Å². The minimum absolute atomic E-state index is 0.721. The molecule has 0 heterocycles. The van der Waals surface area contributed by atoms with Crippen LogP contribution in [0, 0.1) is 0 Å². The Morgan fingerprint density at radius 3 is 1.48 bits per heavy atom. The van der Waals surface area contributed by atoms with Gasteiger partial charge in [0.15, 0.2) is 0 Å². The molecule has 0 atom stereocenters. The molecule has 2 rings (SSSR count). The lowest BCUT2D eigenvalue weighted by Gasteiger charge is -2.12. The molecule has 0 amide bonds. The molecule has 0 radical (unpaired) electrons. The van der Waals surface area contributed by atoms with Crippen molar-refractivity contribution in [1.29, 1.82) is 0 Å². The molecule has 27 heavy (non-hydrogen) atoms. The molecule has 2 aromatic carbocycles. The Morgan fingerprint density at radius 1 is 0.667 bits per heavy atom. The lowest BCUT2D eigenvalue weighted by Crippen LogP contribution is -1.94. The first-order chi connectivity index (χ1) is 13.2. The van der Waals surface area contributed by atoms with E-state index in [2.05, 4.69) is 36.4 Å². The fraction of sp³-hybridized carbons (Fsp3) is 0.400. The van der Waals surface area contributed by atoms with Crippen molar-refractivity contribution in [1.82, 2.24) is 0 Å². The Morgan fingerprint density at radius 2 is 1.11 bits per heavy atom. The Balaban J connectivity index is 2.09. The van der Waals surface area contributed by atoms with E-state index >= 15 is 0 Å². The zero-order chi connectivity index (χ0) is 19.5. The van der Waals surface area contributed by atoms with Gasteiger partial charge in [-0.3, -0.25) is 0 Å². The molecule has 0 aromatic heterocycles. The fourth-order valence-electron chi connectivity index (χ4n) is 2.27. The summed E-state index contributed by atoms with van der Waals surface area (Å²) in [4.78, 5) is 4.51. The van der Waals surface area contributed by atoms with Crippen molar-refractivity contribution in [3.05, 3.63) is 36.4 Å². The van der Waals surface area contributed by atoms with Gasteiger partial charge in [0.25, 0.3) is 0 Å². The second-order valence-corrected chi connectivity index (χ2v) is 8.83. The van der Waals surface area contributed by atoms with Crippen LogP contribution in [0.3, 0.4) is 0 Å². The molecule has 0 aliphatic carbocycles. The molecule has 0 saturated carbocycles. The van der Waals surface area contributed by atoms with Gasteiger partial charge in [-0.1, -0.05) is 11.8 Å². The summed E-state index contributed by atoms with van der Waals surface area (Å²) in [5, 5.41) is 0. The largest absolute Gasteiger partial charge is 0.496 e. The van der Waals surface area contributed by atoms with E-state index < -0.39 is 0 Å². The molecule has 0 fully saturated rings. The van der Waals surface area contributed by atoms with Crippen LogP contribution in [0.15, 0.2) is 56.0 Å². The third-order valence-corrected chi connectivity index (χ3v) is 6.61. The molecular weight excluding hydrogens is 400 g/mol. The molecule has 4 nitrogen and oxygen atoms in total. The maximum Gasteiger partial charge on any atom is 0.133 e. The monoisotopic (exact) mass is 426 g/mol. The van der Waals surface area contributed by atoms with Gasteiger partial charge < -0.3 is 18.9 Å². The minimum atomic E-state index is 0.721. The van der Waals surface area contributed by atoms with E-state index in [1.54, 1.807) is 63.7 Å². The Bertz CT molecular complexity index is 650. The minimum Gasteiger partial charge on any atom is -0.496 e. The van der Waals surface area contributed by atoms with Crippen LogP contribution < -0.4 is 9.47 Å². The molecule has 0 spiro atoms.